The molecule has 0 aliphatic rings. The van der Waals surface area contributed by atoms with E-state index in [0.29, 0.717) is 22.5 Å². The van der Waals surface area contributed by atoms with Crippen LogP contribution in [-0.2, 0) is 6.54 Å². The molecular formula is C20H17N3O2. The topological polar surface area (TPSA) is 74.1 Å². The van der Waals surface area contributed by atoms with Gasteiger partial charge in [0, 0.05) is 23.2 Å². The van der Waals surface area contributed by atoms with Crippen molar-refractivity contribution in [3.63, 3.8) is 0 Å². The second kappa shape index (κ2) is 6.03. The van der Waals surface area contributed by atoms with Gasteiger partial charge in [-0.2, -0.15) is 0 Å². The third-order valence-corrected chi connectivity index (χ3v) is 4.28. The molecule has 0 bridgehead atoms. The Morgan fingerprint density at radius 3 is 2.64 bits per heavy atom. The maximum atomic E-state index is 13.0. The van der Waals surface area contributed by atoms with Crippen molar-refractivity contribution in [2.75, 3.05) is 0 Å². The summed E-state index contributed by atoms with van der Waals surface area (Å²) in [5.74, 6) is 0.379. The quantitative estimate of drug-likeness (QED) is 0.624. The highest BCUT2D eigenvalue weighted by Gasteiger charge is 2.21. The predicted molar refractivity (Wildman–Crippen MR) is 97.7 cm³/mol. The van der Waals surface area contributed by atoms with E-state index in [1.165, 1.54) is 6.26 Å². The predicted octanol–water partition coefficient (Wildman–Crippen LogP) is 3.41. The summed E-state index contributed by atoms with van der Waals surface area (Å²) in [5, 5.41) is 0.630. The molecule has 0 aliphatic heterocycles. The molecule has 2 aromatic carbocycles. The van der Waals surface area contributed by atoms with Crippen LogP contribution in [0, 0.1) is 6.92 Å². The third kappa shape index (κ3) is 2.45. The van der Waals surface area contributed by atoms with Crippen LogP contribution in [0.25, 0.3) is 28.2 Å². The van der Waals surface area contributed by atoms with Crippen LogP contribution in [0.2, 0.25) is 0 Å². The Hall–Kier alpha value is -3.18. The highest BCUT2D eigenvalue weighted by atomic mass is 16.3. The Labute approximate surface area is 144 Å². The number of rotatable bonds is 3. The SMILES string of the molecule is Cc1ccc2c(=O)c(CN)c(-c3ncco3)n(-c3ccccc3)c2c1. The number of aromatic nitrogens is 2. The number of nitrogens with zero attached hydrogens (tertiary/aromatic N) is 2. The monoisotopic (exact) mass is 331 g/mol. The van der Waals surface area contributed by atoms with E-state index in [1.807, 2.05) is 60.0 Å². The standard InChI is InChI=1S/C20H17N3O2/c1-13-7-8-15-17(11-13)23(14-5-3-2-4-6-14)18(16(12-21)19(15)24)20-22-9-10-25-20/h2-11H,12,21H2,1H3. The fourth-order valence-corrected chi connectivity index (χ4v) is 3.14. The number of para-hydroxylation sites is 1. The summed E-state index contributed by atoms with van der Waals surface area (Å²) < 4.78 is 7.53. The lowest BCUT2D eigenvalue weighted by Gasteiger charge is -2.18. The number of pyridine rings is 1. The molecule has 25 heavy (non-hydrogen) atoms. The number of benzene rings is 2. The largest absolute Gasteiger partial charge is 0.443 e. The van der Waals surface area contributed by atoms with Gasteiger partial charge in [0.05, 0.1) is 11.7 Å². The molecule has 0 saturated heterocycles. The van der Waals surface area contributed by atoms with Crippen LogP contribution in [-0.4, -0.2) is 9.55 Å². The number of oxazole rings is 1. The Bertz CT molecular complexity index is 1100. The summed E-state index contributed by atoms with van der Waals surface area (Å²) >= 11 is 0. The Morgan fingerprint density at radius 2 is 1.96 bits per heavy atom. The van der Waals surface area contributed by atoms with Gasteiger partial charge in [-0.3, -0.25) is 4.79 Å². The minimum Gasteiger partial charge on any atom is -0.443 e. The molecule has 5 heteroatoms. The van der Waals surface area contributed by atoms with Crippen molar-refractivity contribution in [1.82, 2.24) is 9.55 Å². The molecule has 0 atom stereocenters. The van der Waals surface area contributed by atoms with Crippen molar-refractivity contribution in [2.24, 2.45) is 5.73 Å². The highest BCUT2D eigenvalue weighted by Crippen LogP contribution is 2.29. The van der Waals surface area contributed by atoms with E-state index in [-0.39, 0.29) is 12.0 Å². The smallest absolute Gasteiger partial charge is 0.243 e. The number of aryl methyl sites for hydroxylation is 1. The molecule has 124 valence electrons. The van der Waals surface area contributed by atoms with Crippen LogP contribution in [0.5, 0.6) is 0 Å². The zero-order valence-electron chi connectivity index (χ0n) is 13.8. The molecule has 0 saturated carbocycles. The second-order valence-corrected chi connectivity index (χ2v) is 5.89. The first-order valence-electron chi connectivity index (χ1n) is 8.04. The molecule has 0 aliphatic carbocycles. The summed E-state index contributed by atoms with van der Waals surface area (Å²) in [6.07, 6.45) is 3.06. The Kier molecular flexibility index (Phi) is 3.71. The molecular weight excluding hydrogens is 314 g/mol. The minimum atomic E-state index is -0.0853. The van der Waals surface area contributed by atoms with Gasteiger partial charge in [-0.05, 0) is 36.8 Å². The van der Waals surface area contributed by atoms with Crippen LogP contribution in [0.1, 0.15) is 11.1 Å². The maximum absolute atomic E-state index is 13.0. The van der Waals surface area contributed by atoms with Gasteiger partial charge in [0.1, 0.15) is 12.0 Å². The molecule has 2 aromatic heterocycles. The minimum absolute atomic E-state index is 0.0853. The van der Waals surface area contributed by atoms with Gasteiger partial charge >= 0.3 is 0 Å². The lowest BCUT2D eigenvalue weighted by atomic mass is 10.0. The molecule has 0 fully saturated rings. The molecule has 0 spiro atoms. The van der Waals surface area contributed by atoms with Crippen molar-refractivity contribution in [1.29, 1.82) is 0 Å². The fraction of sp³-hybridized carbons (Fsp3) is 0.100. The van der Waals surface area contributed by atoms with Gasteiger partial charge in [0.15, 0.2) is 5.43 Å². The van der Waals surface area contributed by atoms with Gasteiger partial charge < -0.3 is 14.7 Å². The second-order valence-electron chi connectivity index (χ2n) is 5.89. The lowest BCUT2D eigenvalue weighted by molar-refractivity contribution is 0.569. The molecule has 0 unspecified atom stereocenters. The maximum Gasteiger partial charge on any atom is 0.243 e. The van der Waals surface area contributed by atoms with Crippen molar-refractivity contribution < 1.29 is 4.42 Å². The molecule has 0 radical (unpaired) electrons. The molecule has 0 amide bonds. The summed E-state index contributed by atoms with van der Waals surface area (Å²) in [4.78, 5) is 17.3. The van der Waals surface area contributed by atoms with Crippen molar-refractivity contribution in [3.05, 3.63) is 82.3 Å². The molecule has 4 aromatic rings. The van der Waals surface area contributed by atoms with Crippen LogP contribution < -0.4 is 11.2 Å². The molecule has 2 N–H and O–H groups in total. The fourth-order valence-electron chi connectivity index (χ4n) is 3.14. The van der Waals surface area contributed by atoms with Crippen LogP contribution >= 0.6 is 0 Å². The summed E-state index contributed by atoms with van der Waals surface area (Å²) in [6.45, 7) is 2.11. The molecule has 5 nitrogen and oxygen atoms in total. The van der Waals surface area contributed by atoms with Crippen molar-refractivity contribution in [3.8, 4) is 17.3 Å². The van der Waals surface area contributed by atoms with E-state index in [1.54, 1.807) is 6.20 Å². The number of fused-ring (bicyclic) bond motifs is 1. The van der Waals surface area contributed by atoms with E-state index >= 15 is 0 Å². The Balaban J connectivity index is 2.26. The Morgan fingerprint density at radius 1 is 1.16 bits per heavy atom. The zero-order chi connectivity index (χ0) is 17.4. The van der Waals surface area contributed by atoms with Crippen LogP contribution in [0.4, 0.5) is 0 Å². The summed E-state index contributed by atoms with van der Waals surface area (Å²) in [6, 6.07) is 15.6. The first-order chi connectivity index (χ1) is 12.2. The van der Waals surface area contributed by atoms with Crippen molar-refractivity contribution >= 4 is 10.9 Å². The summed E-state index contributed by atoms with van der Waals surface area (Å²) in [5.41, 5.74) is 9.73. The van der Waals surface area contributed by atoms with Gasteiger partial charge in [-0.1, -0.05) is 24.3 Å². The number of nitrogens with two attached hydrogens (primary N) is 1. The van der Waals surface area contributed by atoms with E-state index in [0.717, 1.165) is 16.8 Å². The van der Waals surface area contributed by atoms with Crippen LogP contribution in [0.3, 0.4) is 0 Å². The van der Waals surface area contributed by atoms with E-state index in [2.05, 4.69) is 4.98 Å². The van der Waals surface area contributed by atoms with E-state index in [4.69, 9.17) is 10.2 Å². The molecule has 4 rings (SSSR count). The first-order valence-corrected chi connectivity index (χ1v) is 8.04. The number of hydrogen-bond donors (Lipinski definition) is 1. The number of hydrogen-bond acceptors (Lipinski definition) is 4. The lowest BCUT2D eigenvalue weighted by Crippen LogP contribution is -2.20. The van der Waals surface area contributed by atoms with E-state index in [9.17, 15) is 4.79 Å². The highest BCUT2D eigenvalue weighted by molar-refractivity contribution is 5.86. The van der Waals surface area contributed by atoms with E-state index < -0.39 is 0 Å². The van der Waals surface area contributed by atoms with Crippen molar-refractivity contribution in [2.45, 2.75) is 13.5 Å². The summed E-state index contributed by atoms with van der Waals surface area (Å²) in [7, 11) is 0. The van der Waals surface area contributed by atoms with Gasteiger partial charge in [0.2, 0.25) is 5.89 Å². The van der Waals surface area contributed by atoms with Gasteiger partial charge in [-0.25, -0.2) is 4.98 Å². The first kappa shape index (κ1) is 15.4. The van der Waals surface area contributed by atoms with Gasteiger partial charge in [0.25, 0.3) is 0 Å². The third-order valence-electron chi connectivity index (χ3n) is 4.28. The normalized spacial score (nSPS) is 11.1. The average Bonchev–Trinajstić information content (AvgIpc) is 3.16. The average molecular weight is 331 g/mol. The molecule has 2 heterocycles. The zero-order valence-corrected chi connectivity index (χ0v) is 13.8. The van der Waals surface area contributed by atoms with Gasteiger partial charge in [-0.15, -0.1) is 0 Å². The van der Waals surface area contributed by atoms with Crippen LogP contribution in [0.15, 0.2) is 70.2 Å².